The number of carbonyl (C=O) groups excluding carboxylic acids is 1. The summed E-state index contributed by atoms with van der Waals surface area (Å²) in [6.07, 6.45) is 3.85. The van der Waals surface area contributed by atoms with Gasteiger partial charge >= 0.3 is 5.91 Å². The van der Waals surface area contributed by atoms with Crippen LogP contribution in [0, 0.1) is 0 Å². The number of likely N-dealkylation sites (tertiary alicyclic amines) is 1. The Balaban J connectivity index is 0.00000225. The molecule has 28 heavy (non-hydrogen) atoms. The minimum atomic E-state index is -0.0407. The summed E-state index contributed by atoms with van der Waals surface area (Å²) in [4.78, 5) is 15.5. The molecule has 2 atom stereocenters. The van der Waals surface area contributed by atoms with Crippen molar-refractivity contribution in [3.63, 3.8) is 0 Å². The maximum atomic E-state index is 13.2. The highest BCUT2D eigenvalue weighted by Gasteiger charge is 2.40. The molecule has 0 aromatic heterocycles. The highest BCUT2D eigenvalue weighted by Crippen LogP contribution is 2.32. The first-order valence-electron chi connectivity index (χ1n) is 9.68. The molecule has 1 amide bonds. The van der Waals surface area contributed by atoms with E-state index in [0.717, 1.165) is 54.9 Å². The highest BCUT2D eigenvalue weighted by molar-refractivity contribution is 6.30. The Bertz CT molecular complexity index is 866. The normalized spacial score (nSPS) is 22.6. The van der Waals surface area contributed by atoms with Gasteiger partial charge < -0.3 is 4.90 Å². The first kappa shape index (κ1) is 21.0. The average molecular weight is 419 g/mol. The second kappa shape index (κ2) is 9.17. The monoisotopic (exact) mass is 418 g/mol. The van der Waals surface area contributed by atoms with E-state index in [1.807, 2.05) is 48.5 Å². The van der Waals surface area contributed by atoms with E-state index in [2.05, 4.69) is 11.9 Å². The zero-order valence-corrected chi connectivity index (χ0v) is 17.6. The molecule has 0 radical (unpaired) electrons. The van der Waals surface area contributed by atoms with Gasteiger partial charge in [-0.1, -0.05) is 41.9 Å². The Labute approximate surface area is 177 Å². The average Bonchev–Trinajstić information content (AvgIpc) is 2.90. The Morgan fingerprint density at radius 2 is 1.86 bits per heavy atom. The number of azo groups is 2. The fourth-order valence-corrected chi connectivity index (χ4v) is 4.22. The zero-order chi connectivity index (χ0) is 18.8. The molecule has 2 aromatic rings. The minimum Gasteiger partial charge on any atom is -0.306 e. The van der Waals surface area contributed by atoms with Crippen molar-refractivity contribution in [2.75, 3.05) is 20.1 Å². The molecule has 0 bridgehead atoms. The molecule has 148 valence electrons. The van der Waals surface area contributed by atoms with Gasteiger partial charge in [-0.15, -0.1) is 12.4 Å². The molecule has 1 fully saturated rings. The molecular weight excluding hydrogens is 393 g/mol. The van der Waals surface area contributed by atoms with Crippen molar-refractivity contribution < 1.29 is 9.49 Å². The van der Waals surface area contributed by atoms with Crippen LogP contribution < -0.4 is 0 Å². The van der Waals surface area contributed by atoms with E-state index in [9.17, 15) is 4.79 Å². The first-order valence-corrected chi connectivity index (χ1v) is 10.1. The van der Waals surface area contributed by atoms with Crippen LogP contribution >= 0.6 is 24.0 Å². The van der Waals surface area contributed by atoms with Crippen LogP contribution in [-0.4, -0.2) is 41.7 Å². The number of amides is 1. The van der Waals surface area contributed by atoms with E-state index in [4.69, 9.17) is 16.7 Å². The van der Waals surface area contributed by atoms with Gasteiger partial charge in [-0.25, -0.2) is 4.79 Å². The molecule has 0 aliphatic carbocycles. The van der Waals surface area contributed by atoms with Crippen molar-refractivity contribution in [1.29, 1.82) is 0 Å². The molecule has 0 spiro atoms. The van der Waals surface area contributed by atoms with E-state index in [1.54, 1.807) is 4.70 Å². The number of fused-ring (bicyclic) bond motifs is 1. The number of hydrogen-bond donors (Lipinski definition) is 0. The lowest BCUT2D eigenvalue weighted by Gasteiger charge is -2.20. The summed E-state index contributed by atoms with van der Waals surface area (Å²) < 4.78 is 1.79. The van der Waals surface area contributed by atoms with Gasteiger partial charge in [0, 0.05) is 36.4 Å². The van der Waals surface area contributed by atoms with Gasteiger partial charge in [0.2, 0.25) is 0 Å². The number of halogens is 2. The Morgan fingerprint density at radius 3 is 2.64 bits per heavy atom. The van der Waals surface area contributed by atoms with Crippen LogP contribution in [0.2, 0.25) is 5.02 Å². The lowest BCUT2D eigenvalue weighted by molar-refractivity contribution is -0.546. The van der Waals surface area contributed by atoms with Crippen molar-refractivity contribution in [1.82, 2.24) is 4.90 Å². The second-order valence-electron chi connectivity index (χ2n) is 7.59. The van der Waals surface area contributed by atoms with Crippen molar-refractivity contribution in [3.8, 4) is 0 Å². The lowest BCUT2D eigenvalue weighted by atomic mass is 9.93. The molecule has 0 N–H and O–H groups in total. The van der Waals surface area contributed by atoms with E-state index < -0.39 is 0 Å². The predicted molar refractivity (Wildman–Crippen MR) is 114 cm³/mol. The smallest absolute Gasteiger partial charge is 0.306 e. The summed E-state index contributed by atoms with van der Waals surface area (Å²) >= 11 is 6.03. The topological polar surface area (TPSA) is 35.7 Å². The number of hydrogen-bond acceptors (Lipinski definition) is 3. The van der Waals surface area contributed by atoms with Gasteiger partial charge in [-0.3, -0.25) is 0 Å². The van der Waals surface area contributed by atoms with Crippen LogP contribution in [0.25, 0.3) is 0 Å². The molecule has 2 aliphatic rings. The lowest BCUT2D eigenvalue weighted by Crippen LogP contribution is -2.36. The van der Waals surface area contributed by atoms with Gasteiger partial charge in [0.05, 0.1) is 5.56 Å². The van der Waals surface area contributed by atoms with Crippen LogP contribution in [-0.2, 0) is 6.42 Å². The second-order valence-corrected chi connectivity index (χ2v) is 8.02. The summed E-state index contributed by atoms with van der Waals surface area (Å²) in [6, 6.07) is 16.0. The minimum absolute atomic E-state index is 0. The van der Waals surface area contributed by atoms with E-state index in [0.29, 0.717) is 0 Å². The SMILES string of the molecule is CN1CCCC([N+]2=NC(Cc3ccc(Cl)cc3)c3ccccc3C2=O)CC1.Cl. The summed E-state index contributed by atoms with van der Waals surface area (Å²) in [7, 11) is 2.15. The molecule has 4 nitrogen and oxygen atoms in total. The number of nitrogens with zero attached hydrogens (tertiary/aromatic N) is 3. The van der Waals surface area contributed by atoms with Gasteiger partial charge in [0.1, 0.15) is 6.04 Å². The first-order chi connectivity index (χ1) is 13.1. The maximum Gasteiger partial charge on any atom is 0.444 e. The molecular formula is C22H26Cl2N3O+. The van der Waals surface area contributed by atoms with Crippen molar-refractivity contribution >= 4 is 29.9 Å². The standard InChI is InChI=1S/C22H25ClN3O.ClH/c1-25-13-4-5-18(12-14-25)26-22(27)20-7-3-2-6-19(20)21(24-26)15-16-8-10-17(23)11-9-16;/h2-3,6-11,18,21H,4-5,12-15H2,1H3;1H/q+1;. The Morgan fingerprint density at radius 1 is 1.11 bits per heavy atom. The summed E-state index contributed by atoms with van der Waals surface area (Å²) in [5.74, 6) is 0.0486. The number of carbonyl (C=O) groups is 1. The third kappa shape index (κ3) is 4.45. The number of benzene rings is 2. The number of rotatable bonds is 3. The Hall–Kier alpha value is -1.75. The molecule has 2 aliphatic heterocycles. The van der Waals surface area contributed by atoms with Crippen LogP contribution in [0.1, 0.15) is 46.8 Å². The van der Waals surface area contributed by atoms with Crippen molar-refractivity contribution in [2.45, 2.75) is 37.8 Å². The van der Waals surface area contributed by atoms with Gasteiger partial charge in [0.15, 0.2) is 6.04 Å². The third-order valence-corrected chi connectivity index (χ3v) is 5.88. The van der Waals surface area contributed by atoms with Crippen LogP contribution in [0.15, 0.2) is 53.6 Å². The van der Waals surface area contributed by atoms with Crippen LogP contribution in [0.3, 0.4) is 0 Å². The van der Waals surface area contributed by atoms with Crippen LogP contribution in [0.4, 0.5) is 0 Å². The predicted octanol–water partition coefficient (Wildman–Crippen LogP) is 5.15. The van der Waals surface area contributed by atoms with Gasteiger partial charge in [-0.2, -0.15) is 0 Å². The Kier molecular flexibility index (Phi) is 6.86. The fourth-order valence-electron chi connectivity index (χ4n) is 4.09. The van der Waals surface area contributed by atoms with E-state index in [-0.39, 0.29) is 30.4 Å². The third-order valence-electron chi connectivity index (χ3n) is 5.63. The molecule has 4 rings (SSSR count). The highest BCUT2D eigenvalue weighted by atomic mass is 35.5. The molecule has 0 saturated carbocycles. The quantitative estimate of drug-likeness (QED) is 0.646. The van der Waals surface area contributed by atoms with Crippen molar-refractivity contribution in [2.24, 2.45) is 5.11 Å². The van der Waals surface area contributed by atoms with Crippen molar-refractivity contribution in [3.05, 3.63) is 70.2 Å². The molecule has 1 saturated heterocycles. The van der Waals surface area contributed by atoms with Crippen LogP contribution in [0.5, 0.6) is 0 Å². The summed E-state index contributed by atoms with van der Waals surface area (Å²) in [6.45, 7) is 2.09. The molecule has 6 heteroatoms. The summed E-state index contributed by atoms with van der Waals surface area (Å²) in [5.41, 5.74) is 3.00. The fraction of sp³-hybridized carbons (Fsp3) is 0.409. The zero-order valence-electron chi connectivity index (χ0n) is 16.1. The van der Waals surface area contributed by atoms with E-state index >= 15 is 0 Å². The van der Waals surface area contributed by atoms with E-state index in [1.165, 1.54) is 5.56 Å². The maximum absolute atomic E-state index is 13.2. The molecule has 2 unspecified atom stereocenters. The molecule has 2 heterocycles. The summed E-state index contributed by atoms with van der Waals surface area (Å²) in [5, 5.41) is 5.68. The molecule has 2 aromatic carbocycles. The van der Waals surface area contributed by atoms with Gasteiger partial charge in [-0.05, 0) is 53.6 Å². The largest absolute Gasteiger partial charge is 0.444 e. The van der Waals surface area contributed by atoms with Gasteiger partial charge in [0.25, 0.3) is 0 Å².